The van der Waals surface area contributed by atoms with Crippen LogP contribution in [0.4, 0.5) is 4.79 Å². The summed E-state index contributed by atoms with van der Waals surface area (Å²) in [5.74, 6) is 1.60. The number of allylic oxidation sites excluding steroid dienone is 4. The molecule has 3 N–H and O–H groups in total. The number of aliphatic hydroxyl groups is 2. The average molecular weight is 673 g/mol. The number of urea groups is 1. The molecule has 2 spiro atoms. The summed E-state index contributed by atoms with van der Waals surface area (Å²) in [5, 5.41) is 27.0. The number of ether oxygens (including phenoxy) is 2. The number of hydrogen-bond donors (Lipinski definition) is 3. The molecular formula is C40H52N2O7. The number of carbonyl (C=O) groups is 2. The van der Waals surface area contributed by atoms with Gasteiger partial charge in [-0.1, -0.05) is 32.1 Å². The van der Waals surface area contributed by atoms with Gasteiger partial charge in [0.15, 0.2) is 5.76 Å². The fourth-order valence-electron chi connectivity index (χ4n) is 11.2. The molecule has 2 amide bonds. The van der Waals surface area contributed by atoms with Crippen LogP contribution in [-0.2, 0) is 6.54 Å². The molecule has 6 aliphatic carbocycles. The Morgan fingerprint density at radius 2 is 1.76 bits per heavy atom. The van der Waals surface area contributed by atoms with Crippen LogP contribution in [0.2, 0.25) is 0 Å². The van der Waals surface area contributed by atoms with Gasteiger partial charge < -0.3 is 34.3 Å². The van der Waals surface area contributed by atoms with Crippen LogP contribution in [0.5, 0.6) is 11.5 Å². The highest BCUT2D eigenvalue weighted by Crippen LogP contribution is 2.78. The van der Waals surface area contributed by atoms with Gasteiger partial charge in [-0.2, -0.15) is 0 Å². The molecule has 0 saturated heterocycles. The molecule has 1 heterocycles. The van der Waals surface area contributed by atoms with E-state index >= 15 is 0 Å². The number of carbonyl (C=O) groups excluding carboxylic acids is 2. The van der Waals surface area contributed by atoms with Crippen molar-refractivity contribution in [1.29, 1.82) is 0 Å². The Hall–Kier alpha value is -3.56. The van der Waals surface area contributed by atoms with E-state index in [2.05, 4.69) is 37.4 Å². The molecule has 3 saturated carbocycles. The third-order valence-corrected chi connectivity index (χ3v) is 13.7. The normalized spacial score (nSPS) is 37.2. The Kier molecular flexibility index (Phi) is 8.14. The second-order valence-electron chi connectivity index (χ2n) is 16.3. The molecule has 3 fully saturated rings. The van der Waals surface area contributed by atoms with Gasteiger partial charge in [-0.25, -0.2) is 4.79 Å². The molecule has 1 unspecified atom stereocenters. The molecule has 9 heteroatoms. The molecule has 264 valence electrons. The Bertz CT molecular complexity index is 1680. The molecule has 1 aromatic heterocycles. The molecule has 49 heavy (non-hydrogen) atoms. The van der Waals surface area contributed by atoms with Crippen molar-refractivity contribution in [3.05, 3.63) is 71.7 Å². The maximum atomic E-state index is 14.5. The lowest BCUT2D eigenvalue weighted by atomic mass is 9.32. The van der Waals surface area contributed by atoms with Crippen LogP contribution in [0, 0.1) is 33.5 Å². The lowest BCUT2D eigenvalue weighted by molar-refractivity contribution is -0.175. The predicted octanol–water partition coefficient (Wildman–Crippen LogP) is 6.69. The summed E-state index contributed by atoms with van der Waals surface area (Å²) < 4.78 is 16.8. The molecule has 8 rings (SSSR count). The third-order valence-electron chi connectivity index (χ3n) is 13.7. The third kappa shape index (κ3) is 4.85. The molecule has 2 bridgehead atoms. The van der Waals surface area contributed by atoms with Crippen molar-refractivity contribution in [3.63, 3.8) is 0 Å². The maximum absolute atomic E-state index is 14.5. The number of benzene rings is 1. The van der Waals surface area contributed by atoms with Crippen molar-refractivity contribution in [2.45, 2.75) is 96.9 Å². The summed E-state index contributed by atoms with van der Waals surface area (Å²) >= 11 is 0. The number of nitrogens with one attached hydrogen (secondary N) is 1. The van der Waals surface area contributed by atoms with Crippen LogP contribution in [-0.4, -0.2) is 65.4 Å². The van der Waals surface area contributed by atoms with E-state index in [9.17, 15) is 19.8 Å². The average Bonchev–Trinajstić information content (AvgIpc) is 3.70. The first kappa shape index (κ1) is 33.9. The molecule has 0 aliphatic heterocycles. The topological polar surface area (TPSA) is 121 Å². The van der Waals surface area contributed by atoms with E-state index in [0.717, 1.165) is 36.8 Å². The van der Waals surface area contributed by atoms with Gasteiger partial charge in [0.25, 0.3) is 0 Å². The second kappa shape index (κ2) is 11.8. The standard InChI is InChI=1S/C40H52N2O7/c1-25(2)41-35(45)42(23-26-9-10-28(47-5)20-31(26)48-6)24-39(46)16-13-33-37(39,4)15-12-32-36(3)14-11-27(43)21-38(36)17-18-40(32,33)29(22-38)34(44)30-8-7-19-49-30/h7-10,17-20,22,25,27,32-33,43,46H,11-16,21,23-24H2,1-6H3,(H,41,45)/t27?,32-,33-,36-,37+,38+,39-,40-/m1/s1. The number of methoxy groups -OCH3 is 2. The Morgan fingerprint density at radius 1 is 1.02 bits per heavy atom. The van der Waals surface area contributed by atoms with Gasteiger partial charge in [0.2, 0.25) is 5.78 Å². The zero-order valence-corrected chi connectivity index (χ0v) is 29.8. The molecule has 8 atom stereocenters. The van der Waals surface area contributed by atoms with Gasteiger partial charge in [0, 0.05) is 39.5 Å². The van der Waals surface area contributed by atoms with Gasteiger partial charge in [-0.05, 0) is 100 Å². The second-order valence-corrected chi connectivity index (χ2v) is 16.3. The first-order valence-electron chi connectivity index (χ1n) is 17.9. The highest BCUT2D eigenvalue weighted by atomic mass is 16.5. The number of Topliss-reactive ketones (excluding diaryl/α,β-unsaturated/α-hetero) is 1. The fourth-order valence-corrected chi connectivity index (χ4v) is 11.2. The molecule has 0 radical (unpaired) electrons. The largest absolute Gasteiger partial charge is 0.497 e. The Morgan fingerprint density at radius 3 is 2.45 bits per heavy atom. The minimum absolute atomic E-state index is 0.0438. The predicted molar refractivity (Wildman–Crippen MR) is 185 cm³/mol. The SMILES string of the molecule is COc1ccc(CN(C[C@]2(O)CC[C@H]3[C@]45C=C[C@@]6(C=C4C(=O)c4ccco4)CC(O)CC[C@]6(C)[C@H]5CC[C@@]32C)C(=O)NC(C)C)c(OC)c1. The van der Waals surface area contributed by atoms with E-state index in [1.54, 1.807) is 37.5 Å². The van der Waals surface area contributed by atoms with Crippen molar-refractivity contribution in [2.24, 2.45) is 33.5 Å². The molecule has 2 aromatic rings. The van der Waals surface area contributed by atoms with E-state index in [4.69, 9.17) is 13.9 Å². The highest BCUT2D eigenvalue weighted by molar-refractivity contribution is 6.08. The van der Waals surface area contributed by atoms with Crippen molar-refractivity contribution >= 4 is 11.8 Å². The van der Waals surface area contributed by atoms with Gasteiger partial charge in [-0.15, -0.1) is 0 Å². The Balaban J connectivity index is 1.29. The zero-order valence-electron chi connectivity index (χ0n) is 29.8. The number of hydrogen-bond acceptors (Lipinski definition) is 7. The number of aliphatic hydroxyl groups excluding tert-OH is 1. The Labute approximate surface area is 289 Å². The van der Waals surface area contributed by atoms with Gasteiger partial charge in [-0.3, -0.25) is 4.79 Å². The number of furan rings is 1. The monoisotopic (exact) mass is 672 g/mol. The highest BCUT2D eigenvalue weighted by Gasteiger charge is 2.74. The summed E-state index contributed by atoms with van der Waals surface area (Å²) in [6.45, 7) is 8.80. The van der Waals surface area contributed by atoms with E-state index in [0.29, 0.717) is 36.5 Å². The number of rotatable bonds is 9. The summed E-state index contributed by atoms with van der Waals surface area (Å²) in [5.41, 5.74) is -1.41. The number of ketones is 1. The molecular weight excluding hydrogens is 620 g/mol. The number of nitrogens with zero attached hydrogens (tertiary/aromatic N) is 1. The summed E-state index contributed by atoms with van der Waals surface area (Å²) in [6.07, 6.45) is 13.0. The summed E-state index contributed by atoms with van der Waals surface area (Å²) in [6, 6.07) is 8.71. The van der Waals surface area contributed by atoms with Crippen LogP contribution >= 0.6 is 0 Å². The summed E-state index contributed by atoms with van der Waals surface area (Å²) in [4.78, 5) is 30.1. The minimum Gasteiger partial charge on any atom is -0.497 e. The minimum atomic E-state index is -1.21. The number of fused-ring (bicyclic) bond motifs is 1. The first-order chi connectivity index (χ1) is 23.3. The van der Waals surface area contributed by atoms with Gasteiger partial charge in [0.05, 0.1) is 45.3 Å². The lowest BCUT2D eigenvalue weighted by Gasteiger charge is -2.71. The van der Waals surface area contributed by atoms with Crippen molar-refractivity contribution in [1.82, 2.24) is 10.2 Å². The van der Waals surface area contributed by atoms with Crippen molar-refractivity contribution < 1.29 is 33.7 Å². The smallest absolute Gasteiger partial charge is 0.317 e. The van der Waals surface area contributed by atoms with Crippen LogP contribution in [0.15, 0.2) is 64.8 Å². The number of amides is 2. The first-order valence-corrected chi connectivity index (χ1v) is 17.9. The van der Waals surface area contributed by atoms with Crippen LogP contribution < -0.4 is 14.8 Å². The van der Waals surface area contributed by atoms with Gasteiger partial charge >= 0.3 is 6.03 Å². The van der Waals surface area contributed by atoms with Crippen LogP contribution in [0.25, 0.3) is 0 Å². The van der Waals surface area contributed by atoms with Crippen LogP contribution in [0.1, 0.15) is 88.8 Å². The van der Waals surface area contributed by atoms with E-state index in [1.807, 2.05) is 32.0 Å². The molecule has 9 nitrogen and oxygen atoms in total. The van der Waals surface area contributed by atoms with E-state index < -0.39 is 27.9 Å². The lowest BCUT2D eigenvalue weighted by Crippen LogP contribution is -2.67. The van der Waals surface area contributed by atoms with Crippen molar-refractivity contribution in [2.75, 3.05) is 20.8 Å². The van der Waals surface area contributed by atoms with E-state index in [1.165, 1.54) is 0 Å². The summed E-state index contributed by atoms with van der Waals surface area (Å²) in [7, 11) is 3.20. The quantitative estimate of drug-likeness (QED) is 0.201. The molecule has 6 aliphatic rings. The van der Waals surface area contributed by atoms with Crippen LogP contribution in [0.3, 0.4) is 0 Å². The molecule has 1 aromatic carbocycles. The van der Waals surface area contributed by atoms with E-state index in [-0.39, 0.29) is 48.2 Å². The van der Waals surface area contributed by atoms with Gasteiger partial charge in [0.1, 0.15) is 11.5 Å². The zero-order chi connectivity index (χ0) is 35.0. The maximum Gasteiger partial charge on any atom is 0.317 e. The fraction of sp³-hybridized carbons (Fsp3) is 0.600. The van der Waals surface area contributed by atoms with Crippen molar-refractivity contribution in [3.8, 4) is 11.5 Å².